The highest BCUT2D eigenvalue weighted by Gasteiger charge is 1.96. The summed E-state index contributed by atoms with van der Waals surface area (Å²) in [5.74, 6) is -0.600. The van der Waals surface area contributed by atoms with Gasteiger partial charge in [0.25, 0.3) is 0 Å². The molecule has 0 aromatic rings. The van der Waals surface area contributed by atoms with Gasteiger partial charge in [-0.3, -0.25) is 0 Å². The lowest BCUT2D eigenvalue weighted by Gasteiger charge is -1.93. The standard InChI is InChI=1S/C5H7O4P/c1-2-5(6)9-3-4-10(7)8/h2H,1,3-4H2. The molecular weight excluding hydrogens is 155 g/mol. The van der Waals surface area contributed by atoms with Crippen LogP contribution in [0, 0.1) is 0 Å². The number of rotatable bonds is 4. The molecule has 0 unspecified atom stereocenters. The first-order chi connectivity index (χ1) is 4.66. The van der Waals surface area contributed by atoms with Gasteiger partial charge in [0, 0.05) is 6.08 Å². The second-order valence-electron chi connectivity index (χ2n) is 1.43. The van der Waals surface area contributed by atoms with Gasteiger partial charge in [0.2, 0.25) is 0 Å². The summed E-state index contributed by atoms with van der Waals surface area (Å²) in [4.78, 5) is 10.3. The maximum atomic E-state index is 10.3. The molecule has 0 radical (unpaired) electrons. The molecule has 0 aromatic carbocycles. The Kier molecular flexibility index (Phi) is 4.50. The summed E-state index contributed by atoms with van der Waals surface area (Å²) in [6.07, 6.45) is 0.854. The van der Waals surface area contributed by atoms with Crippen molar-refractivity contribution in [1.29, 1.82) is 0 Å². The molecule has 5 heteroatoms. The lowest BCUT2D eigenvalue weighted by atomic mass is 10.6. The van der Waals surface area contributed by atoms with E-state index in [0.717, 1.165) is 6.08 Å². The molecule has 0 N–H and O–H groups in total. The van der Waals surface area contributed by atoms with Gasteiger partial charge in [0.05, 0.1) is 6.16 Å². The zero-order chi connectivity index (χ0) is 7.98. The minimum absolute atomic E-state index is 0.0937. The van der Waals surface area contributed by atoms with Crippen LogP contribution in [0.5, 0.6) is 0 Å². The molecule has 0 aliphatic carbocycles. The SMILES string of the molecule is C=CC(=O)OCCP(=O)=O. The molecule has 4 nitrogen and oxygen atoms in total. The van der Waals surface area contributed by atoms with Crippen LogP contribution in [0.4, 0.5) is 0 Å². The summed E-state index contributed by atoms with van der Waals surface area (Å²) in [7, 11) is -2.45. The molecule has 0 heterocycles. The average molecular weight is 162 g/mol. The van der Waals surface area contributed by atoms with Gasteiger partial charge >= 0.3 is 13.6 Å². The minimum Gasteiger partial charge on any atom is -0.462 e. The van der Waals surface area contributed by atoms with E-state index < -0.39 is 13.6 Å². The Balaban J connectivity index is 3.37. The van der Waals surface area contributed by atoms with Crippen molar-refractivity contribution in [2.24, 2.45) is 0 Å². The van der Waals surface area contributed by atoms with E-state index in [9.17, 15) is 13.9 Å². The fourth-order valence-electron chi connectivity index (χ4n) is 0.280. The smallest absolute Gasteiger partial charge is 0.330 e. The average Bonchev–Trinajstić information content (AvgIpc) is 1.87. The Bertz CT molecular complexity index is 186. The van der Waals surface area contributed by atoms with Gasteiger partial charge in [-0.25, -0.2) is 13.9 Å². The van der Waals surface area contributed by atoms with Crippen LogP contribution in [-0.2, 0) is 18.7 Å². The van der Waals surface area contributed by atoms with E-state index in [1.54, 1.807) is 0 Å². The largest absolute Gasteiger partial charge is 0.462 e. The highest BCUT2D eigenvalue weighted by Crippen LogP contribution is 2.00. The van der Waals surface area contributed by atoms with Crippen molar-refractivity contribution >= 4 is 13.6 Å². The number of ether oxygens (including phenoxy) is 1. The zero-order valence-electron chi connectivity index (χ0n) is 5.28. The molecule has 0 aromatic heterocycles. The van der Waals surface area contributed by atoms with Crippen molar-refractivity contribution in [3.63, 3.8) is 0 Å². The van der Waals surface area contributed by atoms with Gasteiger partial charge in [0.1, 0.15) is 6.61 Å². The monoisotopic (exact) mass is 162 g/mol. The van der Waals surface area contributed by atoms with Crippen molar-refractivity contribution in [3.8, 4) is 0 Å². The van der Waals surface area contributed by atoms with E-state index >= 15 is 0 Å². The topological polar surface area (TPSA) is 60.4 Å². The Morgan fingerprint density at radius 1 is 1.60 bits per heavy atom. The van der Waals surface area contributed by atoms with Crippen molar-refractivity contribution in [1.82, 2.24) is 0 Å². The fourth-order valence-corrected chi connectivity index (χ4v) is 0.520. The molecule has 0 bridgehead atoms. The van der Waals surface area contributed by atoms with Gasteiger partial charge in [-0.1, -0.05) is 6.58 Å². The summed E-state index contributed by atoms with van der Waals surface area (Å²) in [6.45, 7) is 3.04. The van der Waals surface area contributed by atoms with Crippen molar-refractivity contribution in [2.75, 3.05) is 12.8 Å². The van der Waals surface area contributed by atoms with Gasteiger partial charge in [0.15, 0.2) is 0 Å². The Morgan fingerprint density at radius 3 is 2.60 bits per heavy atom. The number of carbonyl (C=O) groups excluding carboxylic acids is 1. The molecule has 0 amide bonds. The Morgan fingerprint density at radius 2 is 2.20 bits per heavy atom. The molecule has 0 aliphatic rings. The van der Waals surface area contributed by atoms with Crippen molar-refractivity contribution in [2.45, 2.75) is 0 Å². The van der Waals surface area contributed by atoms with Gasteiger partial charge < -0.3 is 4.74 Å². The second-order valence-corrected chi connectivity index (χ2v) is 2.54. The number of esters is 1. The minimum atomic E-state index is -2.45. The van der Waals surface area contributed by atoms with Gasteiger partial charge in [-0.15, -0.1) is 0 Å². The summed E-state index contributed by atoms with van der Waals surface area (Å²) >= 11 is 0. The highest BCUT2D eigenvalue weighted by molar-refractivity contribution is 7.30. The molecule has 0 atom stereocenters. The van der Waals surface area contributed by atoms with Crippen LogP contribution >= 0.6 is 7.68 Å². The van der Waals surface area contributed by atoms with Crippen LogP contribution in [0.1, 0.15) is 0 Å². The van der Waals surface area contributed by atoms with Crippen molar-refractivity contribution in [3.05, 3.63) is 12.7 Å². The first-order valence-electron chi connectivity index (χ1n) is 2.58. The number of hydrogen-bond donors (Lipinski definition) is 0. The fraction of sp³-hybridized carbons (Fsp3) is 0.400. The predicted octanol–water partition coefficient (Wildman–Crippen LogP) is 0.888. The predicted molar refractivity (Wildman–Crippen MR) is 34.3 cm³/mol. The maximum Gasteiger partial charge on any atom is 0.330 e. The molecule has 0 fully saturated rings. The van der Waals surface area contributed by atoms with Crippen LogP contribution in [0.3, 0.4) is 0 Å². The third kappa shape index (κ3) is 5.25. The van der Waals surface area contributed by atoms with E-state index in [1.807, 2.05) is 0 Å². The molecule has 0 saturated carbocycles. The normalized spacial score (nSPS) is 8.40. The second kappa shape index (κ2) is 4.94. The molecule has 0 rings (SSSR count). The third-order valence-electron chi connectivity index (χ3n) is 0.685. The van der Waals surface area contributed by atoms with Crippen LogP contribution < -0.4 is 0 Å². The Hall–Kier alpha value is -0.890. The van der Waals surface area contributed by atoms with Crippen molar-refractivity contribution < 1.29 is 18.7 Å². The lowest BCUT2D eigenvalue weighted by Crippen LogP contribution is -2.02. The quantitative estimate of drug-likeness (QED) is 0.350. The van der Waals surface area contributed by atoms with Crippen LogP contribution in [0.15, 0.2) is 12.7 Å². The Labute approximate surface area is 58.7 Å². The summed E-state index contributed by atoms with van der Waals surface area (Å²) in [5.41, 5.74) is 0. The highest BCUT2D eigenvalue weighted by atomic mass is 31.1. The van der Waals surface area contributed by atoms with E-state index in [1.165, 1.54) is 0 Å². The van der Waals surface area contributed by atoms with Gasteiger partial charge in [-0.05, 0) is 0 Å². The van der Waals surface area contributed by atoms with Gasteiger partial charge in [-0.2, -0.15) is 0 Å². The maximum absolute atomic E-state index is 10.3. The molecular formula is C5H7O4P. The molecule has 56 valence electrons. The zero-order valence-corrected chi connectivity index (χ0v) is 6.17. The number of carbonyl (C=O) groups is 1. The molecule has 0 spiro atoms. The lowest BCUT2D eigenvalue weighted by molar-refractivity contribution is -0.137. The molecule has 0 saturated heterocycles. The summed E-state index contributed by atoms with van der Waals surface area (Å²) in [5, 5.41) is 0. The van der Waals surface area contributed by atoms with Crippen LogP contribution in [-0.4, -0.2) is 18.7 Å². The van der Waals surface area contributed by atoms with E-state index in [0.29, 0.717) is 0 Å². The van der Waals surface area contributed by atoms with E-state index in [-0.39, 0.29) is 12.8 Å². The van der Waals surface area contributed by atoms with Crippen LogP contribution in [0.25, 0.3) is 0 Å². The van der Waals surface area contributed by atoms with E-state index in [4.69, 9.17) is 0 Å². The summed E-state index contributed by atoms with van der Waals surface area (Å²) < 4.78 is 24.1. The molecule has 0 aliphatic heterocycles. The first kappa shape index (κ1) is 9.11. The van der Waals surface area contributed by atoms with E-state index in [2.05, 4.69) is 11.3 Å². The molecule has 10 heavy (non-hydrogen) atoms. The third-order valence-corrected chi connectivity index (χ3v) is 1.23. The first-order valence-corrected chi connectivity index (χ1v) is 3.94. The summed E-state index contributed by atoms with van der Waals surface area (Å²) in [6, 6.07) is 0. The van der Waals surface area contributed by atoms with Crippen LogP contribution in [0.2, 0.25) is 0 Å². The number of hydrogen-bond acceptors (Lipinski definition) is 4.